The molecule has 0 saturated carbocycles. The standard InChI is InChI=1S/C22H27N5O4/c1-2-24-22(25-10-9-15-5-8-18-19(11-15)31-14-30-18)27-12-16-3-6-17(7-4-16)21(29)26-13-20(23)28/h3-8,11H,2,9-10,12-14H2,1H3,(H2,23,28)(H,26,29)(H2,24,25,27). The molecule has 2 aromatic carbocycles. The number of carbonyl (C=O) groups is 2. The van der Waals surface area contributed by atoms with Crippen LogP contribution in [0.25, 0.3) is 0 Å². The Bertz CT molecular complexity index is 943. The third kappa shape index (κ3) is 6.63. The molecular weight excluding hydrogens is 398 g/mol. The van der Waals surface area contributed by atoms with E-state index in [1.165, 1.54) is 0 Å². The van der Waals surface area contributed by atoms with Gasteiger partial charge >= 0.3 is 0 Å². The molecule has 1 heterocycles. The highest BCUT2D eigenvalue weighted by molar-refractivity contribution is 5.96. The van der Waals surface area contributed by atoms with Crippen molar-refractivity contribution in [2.75, 3.05) is 26.4 Å². The molecule has 0 bridgehead atoms. The topological polar surface area (TPSA) is 127 Å². The molecule has 0 fully saturated rings. The maximum absolute atomic E-state index is 11.9. The van der Waals surface area contributed by atoms with Crippen molar-refractivity contribution in [2.24, 2.45) is 10.7 Å². The normalized spacial score (nSPS) is 12.4. The Balaban J connectivity index is 1.50. The van der Waals surface area contributed by atoms with Crippen LogP contribution >= 0.6 is 0 Å². The van der Waals surface area contributed by atoms with Crippen molar-refractivity contribution in [3.8, 4) is 11.5 Å². The molecule has 1 aliphatic heterocycles. The summed E-state index contributed by atoms with van der Waals surface area (Å²) in [5.41, 5.74) is 7.60. The average Bonchev–Trinajstić information content (AvgIpc) is 3.24. The molecule has 0 aromatic heterocycles. The summed E-state index contributed by atoms with van der Waals surface area (Å²) in [7, 11) is 0. The van der Waals surface area contributed by atoms with Gasteiger partial charge in [-0.1, -0.05) is 18.2 Å². The Hall–Kier alpha value is -3.75. The highest BCUT2D eigenvalue weighted by Gasteiger charge is 2.13. The summed E-state index contributed by atoms with van der Waals surface area (Å²) in [6, 6.07) is 13.0. The third-order valence-electron chi connectivity index (χ3n) is 4.55. The molecule has 2 amide bonds. The van der Waals surface area contributed by atoms with Gasteiger partial charge < -0.3 is 31.2 Å². The predicted molar refractivity (Wildman–Crippen MR) is 117 cm³/mol. The van der Waals surface area contributed by atoms with Crippen molar-refractivity contribution in [2.45, 2.75) is 19.9 Å². The number of ether oxygens (including phenoxy) is 2. The smallest absolute Gasteiger partial charge is 0.251 e. The SMILES string of the molecule is CCNC(=NCc1ccc(C(=O)NCC(N)=O)cc1)NCCc1ccc2c(c1)OCO2. The summed E-state index contributed by atoms with van der Waals surface area (Å²) in [6.07, 6.45) is 0.816. The van der Waals surface area contributed by atoms with Crippen LogP contribution in [0.2, 0.25) is 0 Å². The summed E-state index contributed by atoms with van der Waals surface area (Å²) in [4.78, 5) is 27.3. The van der Waals surface area contributed by atoms with Crippen LogP contribution in [0.4, 0.5) is 0 Å². The highest BCUT2D eigenvalue weighted by Crippen LogP contribution is 2.32. The molecule has 0 saturated heterocycles. The Morgan fingerprint density at radius 3 is 2.48 bits per heavy atom. The molecule has 3 rings (SSSR count). The van der Waals surface area contributed by atoms with Gasteiger partial charge in [0, 0.05) is 18.7 Å². The minimum Gasteiger partial charge on any atom is -0.454 e. The molecule has 0 spiro atoms. The van der Waals surface area contributed by atoms with Gasteiger partial charge in [-0.3, -0.25) is 9.59 Å². The number of nitrogens with zero attached hydrogens (tertiary/aromatic N) is 1. The second-order valence-corrected chi connectivity index (χ2v) is 6.91. The molecule has 9 heteroatoms. The van der Waals surface area contributed by atoms with E-state index in [1.54, 1.807) is 12.1 Å². The lowest BCUT2D eigenvalue weighted by Gasteiger charge is -2.12. The summed E-state index contributed by atoms with van der Waals surface area (Å²) in [6.45, 7) is 4.01. The number of nitrogens with one attached hydrogen (secondary N) is 3. The first-order valence-corrected chi connectivity index (χ1v) is 10.1. The second kappa shape index (κ2) is 10.9. The highest BCUT2D eigenvalue weighted by atomic mass is 16.7. The fourth-order valence-electron chi connectivity index (χ4n) is 2.96. The van der Waals surface area contributed by atoms with Crippen molar-refractivity contribution in [1.82, 2.24) is 16.0 Å². The second-order valence-electron chi connectivity index (χ2n) is 6.91. The van der Waals surface area contributed by atoms with Gasteiger partial charge in [0.2, 0.25) is 12.7 Å². The zero-order valence-electron chi connectivity index (χ0n) is 17.4. The molecule has 2 aromatic rings. The summed E-state index contributed by atoms with van der Waals surface area (Å²) in [5.74, 6) is 1.35. The third-order valence-corrected chi connectivity index (χ3v) is 4.55. The van der Waals surface area contributed by atoms with E-state index in [4.69, 9.17) is 15.2 Å². The molecule has 164 valence electrons. The van der Waals surface area contributed by atoms with Crippen LogP contribution in [0.1, 0.15) is 28.4 Å². The monoisotopic (exact) mass is 425 g/mol. The first-order valence-electron chi connectivity index (χ1n) is 10.1. The van der Waals surface area contributed by atoms with E-state index in [9.17, 15) is 9.59 Å². The number of benzene rings is 2. The predicted octanol–water partition coefficient (Wildman–Crippen LogP) is 0.928. The molecule has 0 radical (unpaired) electrons. The van der Waals surface area contributed by atoms with E-state index >= 15 is 0 Å². The quantitative estimate of drug-likeness (QED) is 0.350. The van der Waals surface area contributed by atoms with Crippen LogP contribution in [0.3, 0.4) is 0 Å². The Morgan fingerprint density at radius 1 is 1.00 bits per heavy atom. The molecule has 31 heavy (non-hydrogen) atoms. The fraction of sp³-hybridized carbons (Fsp3) is 0.318. The van der Waals surface area contributed by atoms with Crippen LogP contribution in [-0.2, 0) is 17.8 Å². The van der Waals surface area contributed by atoms with Crippen LogP contribution in [0.5, 0.6) is 11.5 Å². The van der Waals surface area contributed by atoms with Crippen LogP contribution in [0, 0.1) is 0 Å². The number of carbonyl (C=O) groups excluding carboxylic acids is 2. The molecule has 0 aliphatic carbocycles. The van der Waals surface area contributed by atoms with Crippen molar-refractivity contribution >= 4 is 17.8 Å². The average molecular weight is 425 g/mol. The van der Waals surface area contributed by atoms with Gasteiger partial charge in [0.25, 0.3) is 5.91 Å². The van der Waals surface area contributed by atoms with Gasteiger partial charge in [-0.05, 0) is 48.7 Å². The molecule has 5 N–H and O–H groups in total. The van der Waals surface area contributed by atoms with E-state index < -0.39 is 5.91 Å². The largest absolute Gasteiger partial charge is 0.454 e. The Kier molecular flexibility index (Phi) is 7.69. The minimum atomic E-state index is -0.582. The van der Waals surface area contributed by atoms with E-state index in [-0.39, 0.29) is 19.2 Å². The maximum Gasteiger partial charge on any atom is 0.251 e. The van der Waals surface area contributed by atoms with Crippen molar-refractivity contribution in [3.63, 3.8) is 0 Å². The van der Waals surface area contributed by atoms with Crippen molar-refractivity contribution in [1.29, 1.82) is 0 Å². The van der Waals surface area contributed by atoms with E-state index in [0.717, 1.165) is 35.6 Å². The molecule has 0 unspecified atom stereocenters. The molecule has 9 nitrogen and oxygen atoms in total. The fourth-order valence-corrected chi connectivity index (χ4v) is 2.96. The lowest BCUT2D eigenvalue weighted by molar-refractivity contribution is -0.117. The van der Waals surface area contributed by atoms with Gasteiger partial charge in [0.05, 0.1) is 13.1 Å². The Labute approximate surface area is 181 Å². The van der Waals surface area contributed by atoms with Crippen LogP contribution in [-0.4, -0.2) is 44.2 Å². The molecule has 1 aliphatic rings. The molecule has 0 atom stereocenters. The number of hydrogen-bond acceptors (Lipinski definition) is 5. The van der Waals surface area contributed by atoms with E-state index in [1.807, 2.05) is 37.3 Å². The van der Waals surface area contributed by atoms with E-state index in [2.05, 4.69) is 20.9 Å². The zero-order valence-corrected chi connectivity index (χ0v) is 17.4. The first-order chi connectivity index (χ1) is 15.0. The van der Waals surface area contributed by atoms with Crippen molar-refractivity contribution in [3.05, 3.63) is 59.2 Å². The number of nitrogens with two attached hydrogens (primary N) is 1. The number of amides is 2. The number of hydrogen-bond donors (Lipinski definition) is 4. The lowest BCUT2D eigenvalue weighted by atomic mass is 10.1. The number of fused-ring (bicyclic) bond motifs is 1. The van der Waals surface area contributed by atoms with Gasteiger partial charge in [-0.2, -0.15) is 0 Å². The Morgan fingerprint density at radius 2 is 1.74 bits per heavy atom. The van der Waals surface area contributed by atoms with Gasteiger partial charge in [-0.15, -0.1) is 0 Å². The summed E-state index contributed by atoms with van der Waals surface area (Å²) < 4.78 is 10.8. The van der Waals surface area contributed by atoms with Gasteiger partial charge in [0.1, 0.15) is 0 Å². The summed E-state index contributed by atoms with van der Waals surface area (Å²) >= 11 is 0. The van der Waals surface area contributed by atoms with Crippen LogP contribution < -0.4 is 31.2 Å². The molecular formula is C22H27N5O4. The van der Waals surface area contributed by atoms with Crippen LogP contribution in [0.15, 0.2) is 47.5 Å². The van der Waals surface area contributed by atoms with E-state index in [0.29, 0.717) is 24.6 Å². The van der Waals surface area contributed by atoms with Gasteiger partial charge in [-0.25, -0.2) is 4.99 Å². The minimum absolute atomic E-state index is 0.186. The number of primary amides is 1. The number of guanidine groups is 1. The zero-order chi connectivity index (χ0) is 22.1. The van der Waals surface area contributed by atoms with Crippen molar-refractivity contribution < 1.29 is 19.1 Å². The first kappa shape index (κ1) is 21.9. The lowest BCUT2D eigenvalue weighted by Crippen LogP contribution is -2.38. The number of rotatable bonds is 9. The van der Waals surface area contributed by atoms with Gasteiger partial charge in [0.15, 0.2) is 17.5 Å². The summed E-state index contributed by atoms with van der Waals surface area (Å²) in [5, 5.41) is 9.01. The number of aliphatic imine (C=N–C) groups is 1. The maximum atomic E-state index is 11.9.